The van der Waals surface area contributed by atoms with Crippen LogP contribution < -0.4 is 15.5 Å². The van der Waals surface area contributed by atoms with E-state index in [2.05, 4.69) is 65.2 Å². The van der Waals surface area contributed by atoms with Crippen LogP contribution in [0.5, 0.6) is 0 Å². The van der Waals surface area contributed by atoms with Crippen LogP contribution in [0.2, 0.25) is 0 Å². The molecule has 166 valence electrons. The number of guanidine groups is 1. The van der Waals surface area contributed by atoms with Gasteiger partial charge in [-0.2, -0.15) is 0 Å². The van der Waals surface area contributed by atoms with E-state index < -0.39 is 0 Å². The molecule has 1 saturated heterocycles. The third-order valence-electron chi connectivity index (χ3n) is 5.39. The van der Waals surface area contributed by atoms with Gasteiger partial charge in [0.2, 0.25) is 0 Å². The number of pyridine rings is 1. The fourth-order valence-electron chi connectivity index (χ4n) is 3.60. The maximum atomic E-state index is 4.76. The molecule has 29 heavy (non-hydrogen) atoms. The lowest BCUT2D eigenvalue weighted by Gasteiger charge is -2.21. The second-order valence-corrected chi connectivity index (χ2v) is 7.63. The Morgan fingerprint density at radius 3 is 2.52 bits per heavy atom. The lowest BCUT2D eigenvalue weighted by molar-refractivity contribution is 0.292. The average Bonchev–Trinajstić information content (AvgIpc) is 3.25. The second kappa shape index (κ2) is 14.8. The van der Waals surface area contributed by atoms with Crippen LogP contribution in [0.4, 0.5) is 5.82 Å². The summed E-state index contributed by atoms with van der Waals surface area (Å²) in [6, 6.07) is 4.69. The summed E-state index contributed by atoms with van der Waals surface area (Å²) in [7, 11) is 0. The summed E-state index contributed by atoms with van der Waals surface area (Å²) < 4.78 is 0. The smallest absolute Gasteiger partial charge is 0.191 e. The molecule has 0 amide bonds. The average molecular weight is 517 g/mol. The van der Waals surface area contributed by atoms with Crippen LogP contribution in [0.3, 0.4) is 0 Å². The van der Waals surface area contributed by atoms with Gasteiger partial charge < -0.3 is 20.4 Å². The van der Waals surface area contributed by atoms with Gasteiger partial charge in [-0.3, -0.25) is 0 Å². The summed E-state index contributed by atoms with van der Waals surface area (Å²) in [4.78, 5) is 14.2. The number of anilines is 1. The summed E-state index contributed by atoms with van der Waals surface area (Å²) in [5.41, 5.74) is 1.15. The van der Waals surface area contributed by atoms with Gasteiger partial charge in [0, 0.05) is 31.9 Å². The maximum Gasteiger partial charge on any atom is 0.191 e. The number of aromatic nitrogens is 1. The van der Waals surface area contributed by atoms with Gasteiger partial charge in [-0.25, -0.2) is 9.98 Å². The van der Waals surface area contributed by atoms with Gasteiger partial charge in [-0.05, 0) is 70.8 Å². The lowest BCUT2D eigenvalue weighted by Crippen LogP contribution is -2.42. The number of rotatable bonds is 11. The first kappa shape index (κ1) is 25.9. The molecule has 1 aromatic heterocycles. The van der Waals surface area contributed by atoms with Gasteiger partial charge >= 0.3 is 0 Å². The maximum absolute atomic E-state index is 4.76. The zero-order chi connectivity index (χ0) is 20.2. The fourth-order valence-corrected chi connectivity index (χ4v) is 3.60. The van der Waals surface area contributed by atoms with Crippen molar-refractivity contribution in [2.75, 3.05) is 44.2 Å². The predicted molar refractivity (Wildman–Crippen MR) is 136 cm³/mol. The summed E-state index contributed by atoms with van der Waals surface area (Å²) >= 11 is 0. The van der Waals surface area contributed by atoms with Crippen LogP contribution in [0.1, 0.15) is 58.9 Å². The van der Waals surface area contributed by atoms with Crippen LogP contribution in [-0.2, 0) is 6.54 Å². The molecule has 1 atom stereocenters. The van der Waals surface area contributed by atoms with Crippen LogP contribution in [0.15, 0.2) is 23.3 Å². The topological polar surface area (TPSA) is 55.8 Å². The molecule has 1 aliphatic heterocycles. The number of halogens is 1. The number of nitrogens with zero attached hydrogens (tertiary/aromatic N) is 4. The van der Waals surface area contributed by atoms with E-state index in [0.717, 1.165) is 56.5 Å². The molecule has 2 rings (SSSR count). The quantitative estimate of drug-likeness (QED) is 0.266. The van der Waals surface area contributed by atoms with E-state index in [-0.39, 0.29) is 24.0 Å². The lowest BCUT2D eigenvalue weighted by atomic mass is 10.2. The minimum atomic E-state index is 0. The fraction of sp³-hybridized carbons (Fsp3) is 0.727. The number of nitrogens with one attached hydrogen (secondary N) is 2. The summed E-state index contributed by atoms with van der Waals surface area (Å²) in [5, 5.41) is 6.91. The van der Waals surface area contributed by atoms with E-state index in [1.165, 1.54) is 25.8 Å². The summed E-state index contributed by atoms with van der Waals surface area (Å²) in [6.07, 6.45) is 6.87. The Kier molecular flexibility index (Phi) is 13.3. The number of hydrogen-bond acceptors (Lipinski definition) is 4. The molecule has 1 unspecified atom stereocenters. The summed E-state index contributed by atoms with van der Waals surface area (Å²) in [6.45, 7) is 16.0. The van der Waals surface area contributed by atoms with Crippen LogP contribution in [0, 0.1) is 0 Å². The van der Waals surface area contributed by atoms with Gasteiger partial charge in [0.25, 0.3) is 0 Å². The molecule has 0 saturated carbocycles. The van der Waals surface area contributed by atoms with Crippen LogP contribution in [-0.4, -0.2) is 61.2 Å². The molecule has 1 fully saturated rings. The van der Waals surface area contributed by atoms with E-state index in [0.29, 0.717) is 12.6 Å². The second-order valence-electron chi connectivity index (χ2n) is 7.63. The molecule has 2 N–H and O–H groups in total. The zero-order valence-corrected chi connectivity index (χ0v) is 21.1. The normalized spacial score (nSPS) is 15.3. The molecule has 6 nitrogen and oxygen atoms in total. The molecule has 7 heteroatoms. The molecule has 0 spiro atoms. The minimum Gasteiger partial charge on any atom is -0.357 e. The molecule has 0 bridgehead atoms. The first-order valence-corrected chi connectivity index (χ1v) is 11.1. The van der Waals surface area contributed by atoms with E-state index in [1.807, 2.05) is 6.20 Å². The molecule has 0 aromatic carbocycles. The molecule has 0 aliphatic carbocycles. The van der Waals surface area contributed by atoms with Gasteiger partial charge in [-0.1, -0.05) is 19.9 Å². The number of hydrogen-bond donors (Lipinski definition) is 2. The van der Waals surface area contributed by atoms with Crippen LogP contribution >= 0.6 is 24.0 Å². The molecule has 1 aliphatic rings. The standard InChI is InChI=1S/C22H40N6.HI/c1-5-23-22(26-19(4)11-10-14-27(6-2)7-3)25-18-20-12-13-21(24-17-20)28-15-8-9-16-28;/h12-13,17,19H,5-11,14-16,18H2,1-4H3,(H2,23,25,26);1H. The third kappa shape index (κ3) is 9.51. The van der Waals surface area contributed by atoms with Crippen molar-refractivity contribution in [3.8, 4) is 0 Å². The van der Waals surface area contributed by atoms with E-state index >= 15 is 0 Å². The molecule has 1 aromatic rings. The van der Waals surface area contributed by atoms with Crippen molar-refractivity contribution >= 4 is 35.8 Å². The highest BCUT2D eigenvalue weighted by atomic mass is 127. The Morgan fingerprint density at radius 2 is 1.93 bits per heavy atom. The SMILES string of the molecule is CCNC(=NCc1ccc(N2CCCC2)nc1)NC(C)CCCN(CC)CC.I. The van der Waals surface area contributed by atoms with Crippen molar-refractivity contribution in [2.24, 2.45) is 4.99 Å². The number of aliphatic imine (C=N–C) groups is 1. The van der Waals surface area contributed by atoms with Crippen LogP contribution in [0.25, 0.3) is 0 Å². The highest BCUT2D eigenvalue weighted by Gasteiger charge is 2.13. The van der Waals surface area contributed by atoms with E-state index in [1.54, 1.807) is 0 Å². The largest absolute Gasteiger partial charge is 0.357 e. The van der Waals surface area contributed by atoms with Crippen molar-refractivity contribution in [3.63, 3.8) is 0 Å². The molecule has 2 heterocycles. The Morgan fingerprint density at radius 1 is 1.21 bits per heavy atom. The Labute approximate surface area is 195 Å². The Hall–Kier alpha value is -1.09. The van der Waals surface area contributed by atoms with Gasteiger partial charge in [0.15, 0.2) is 5.96 Å². The van der Waals surface area contributed by atoms with E-state index in [4.69, 9.17) is 4.99 Å². The first-order chi connectivity index (χ1) is 13.7. The Balaban J connectivity index is 0.00000420. The highest BCUT2D eigenvalue weighted by molar-refractivity contribution is 14.0. The van der Waals surface area contributed by atoms with Crippen molar-refractivity contribution < 1.29 is 0 Å². The third-order valence-corrected chi connectivity index (χ3v) is 5.39. The van der Waals surface area contributed by atoms with E-state index in [9.17, 15) is 0 Å². The molecule has 0 radical (unpaired) electrons. The molecular formula is C22H41IN6. The van der Waals surface area contributed by atoms with Gasteiger partial charge in [0.1, 0.15) is 5.82 Å². The van der Waals surface area contributed by atoms with Gasteiger partial charge in [0.05, 0.1) is 6.54 Å². The van der Waals surface area contributed by atoms with Crippen molar-refractivity contribution in [1.82, 2.24) is 20.5 Å². The minimum absolute atomic E-state index is 0. The summed E-state index contributed by atoms with van der Waals surface area (Å²) in [5.74, 6) is 1.98. The Bertz CT molecular complexity index is 567. The van der Waals surface area contributed by atoms with Gasteiger partial charge in [-0.15, -0.1) is 24.0 Å². The highest BCUT2D eigenvalue weighted by Crippen LogP contribution is 2.17. The van der Waals surface area contributed by atoms with Crippen molar-refractivity contribution in [1.29, 1.82) is 0 Å². The van der Waals surface area contributed by atoms with Crippen molar-refractivity contribution in [3.05, 3.63) is 23.9 Å². The molecular weight excluding hydrogens is 475 g/mol. The van der Waals surface area contributed by atoms with Crippen molar-refractivity contribution in [2.45, 2.75) is 66.0 Å². The zero-order valence-electron chi connectivity index (χ0n) is 18.8. The first-order valence-electron chi connectivity index (χ1n) is 11.1. The predicted octanol–water partition coefficient (Wildman–Crippen LogP) is 3.87. The monoisotopic (exact) mass is 516 g/mol.